The summed E-state index contributed by atoms with van der Waals surface area (Å²) in [5.41, 5.74) is -1.79. The average Bonchev–Trinajstić information content (AvgIpc) is 3.19. The third-order valence-corrected chi connectivity index (χ3v) is 6.46. The molecule has 0 aliphatic carbocycles. The highest BCUT2D eigenvalue weighted by Gasteiger charge is 2.78. The van der Waals surface area contributed by atoms with E-state index < -0.39 is 35.1 Å². The molecule has 3 rings (SSSR count). The maximum atomic E-state index is 13.5. The van der Waals surface area contributed by atoms with Gasteiger partial charge in [-0.05, 0) is 47.0 Å². The summed E-state index contributed by atoms with van der Waals surface area (Å²) >= 11 is 0. The minimum atomic E-state index is -1.03. The Balaban J connectivity index is 2.04. The monoisotopic (exact) mass is 395 g/mol. The second-order valence-electron chi connectivity index (χ2n) is 8.96. The molecule has 158 valence electrons. The number of nitrogens with zero attached hydrogens (tertiary/aromatic N) is 1. The van der Waals surface area contributed by atoms with E-state index in [0.29, 0.717) is 19.4 Å². The van der Waals surface area contributed by atoms with Gasteiger partial charge < -0.3 is 25.4 Å². The standard InChI is InChI=1S/C20H33N3O5/c1-6-9-21-16(25)13-14-18(27)23(12(4)10-24)15(17(26)22-11(2)3)20(14)8-7-19(13,5)28-20/h11-15,24H,6-10H2,1-5H3,(H,21,25)(H,22,26)/t12-,13-,14+,15?,19+,20?/m1/s1. The Labute approximate surface area is 166 Å². The van der Waals surface area contributed by atoms with Crippen LogP contribution in [0.4, 0.5) is 0 Å². The van der Waals surface area contributed by atoms with E-state index in [9.17, 15) is 19.5 Å². The van der Waals surface area contributed by atoms with Gasteiger partial charge in [0.2, 0.25) is 17.7 Å². The molecule has 0 aromatic heterocycles. The minimum Gasteiger partial charge on any atom is -0.394 e. The van der Waals surface area contributed by atoms with Crippen molar-refractivity contribution in [3.63, 3.8) is 0 Å². The molecule has 0 aromatic carbocycles. The summed E-state index contributed by atoms with van der Waals surface area (Å²) in [5.74, 6) is -2.09. The van der Waals surface area contributed by atoms with Gasteiger partial charge in [-0.2, -0.15) is 0 Å². The van der Waals surface area contributed by atoms with E-state index in [-0.39, 0.29) is 30.4 Å². The zero-order chi connectivity index (χ0) is 20.9. The highest BCUT2D eigenvalue weighted by Crippen LogP contribution is 2.63. The van der Waals surface area contributed by atoms with Gasteiger partial charge in [0.05, 0.1) is 30.1 Å². The van der Waals surface area contributed by atoms with Crippen molar-refractivity contribution in [3.8, 4) is 0 Å². The van der Waals surface area contributed by atoms with Gasteiger partial charge in [0.15, 0.2) is 0 Å². The predicted molar refractivity (Wildman–Crippen MR) is 102 cm³/mol. The third kappa shape index (κ3) is 2.92. The SMILES string of the molecule is CCCNC(=O)[C@H]1[C@H]2C(=O)N([C@H](C)CO)C(C(=O)NC(C)C)C23CC[C@]1(C)O3. The van der Waals surface area contributed by atoms with E-state index in [4.69, 9.17) is 4.74 Å². The van der Waals surface area contributed by atoms with Gasteiger partial charge in [-0.15, -0.1) is 0 Å². The van der Waals surface area contributed by atoms with Crippen molar-refractivity contribution in [1.29, 1.82) is 0 Å². The Morgan fingerprint density at radius 2 is 1.96 bits per heavy atom. The minimum absolute atomic E-state index is 0.0952. The third-order valence-electron chi connectivity index (χ3n) is 6.46. The summed E-state index contributed by atoms with van der Waals surface area (Å²) in [6.07, 6.45) is 1.96. The van der Waals surface area contributed by atoms with Gasteiger partial charge in [0.25, 0.3) is 0 Å². The fraction of sp³-hybridized carbons (Fsp3) is 0.850. The van der Waals surface area contributed by atoms with Crippen LogP contribution in [0.5, 0.6) is 0 Å². The van der Waals surface area contributed by atoms with Crippen LogP contribution in [-0.2, 0) is 19.1 Å². The number of aliphatic hydroxyl groups is 1. The molecule has 3 aliphatic heterocycles. The summed E-state index contributed by atoms with van der Waals surface area (Å²) < 4.78 is 6.43. The molecule has 8 nitrogen and oxygen atoms in total. The number of rotatable bonds is 7. The van der Waals surface area contributed by atoms with Gasteiger partial charge in [-0.25, -0.2) is 0 Å². The van der Waals surface area contributed by atoms with Crippen LogP contribution in [0.15, 0.2) is 0 Å². The quantitative estimate of drug-likeness (QED) is 0.570. The molecule has 1 spiro atoms. The molecule has 28 heavy (non-hydrogen) atoms. The van der Waals surface area contributed by atoms with E-state index in [1.165, 1.54) is 4.90 Å². The highest BCUT2D eigenvalue weighted by molar-refractivity contribution is 5.99. The molecule has 3 fully saturated rings. The lowest BCUT2D eigenvalue weighted by Gasteiger charge is -2.36. The van der Waals surface area contributed by atoms with Gasteiger partial charge in [0.1, 0.15) is 11.6 Å². The smallest absolute Gasteiger partial charge is 0.246 e. The number of carbonyl (C=O) groups excluding carboxylic acids is 3. The van der Waals surface area contributed by atoms with Crippen LogP contribution in [0.1, 0.15) is 53.9 Å². The van der Waals surface area contributed by atoms with Crippen molar-refractivity contribution in [1.82, 2.24) is 15.5 Å². The zero-order valence-electron chi connectivity index (χ0n) is 17.4. The van der Waals surface area contributed by atoms with Crippen molar-refractivity contribution in [2.45, 2.75) is 83.2 Å². The highest BCUT2D eigenvalue weighted by atomic mass is 16.5. The molecule has 2 unspecified atom stereocenters. The zero-order valence-corrected chi connectivity index (χ0v) is 17.4. The summed E-state index contributed by atoms with van der Waals surface area (Å²) in [5, 5.41) is 15.5. The van der Waals surface area contributed by atoms with Crippen molar-refractivity contribution < 1.29 is 24.2 Å². The Kier molecular flexibility index (Phi) is 5.49. The lowest BCUT2D eigenvalue weighted by Crippen LogP contribution is -2.58. The molecule has 0 radical (unpaired) electrons. The summed E-state index contributed by atoms with van der Waals surface area (Å²) in [6.45, 7) is 9.56. The molecule has 3 N–H and O–H groups in total. The summed E-state index contributed by atoms with van der Waals surface area (Å²) in [6, 6.07) is -1.48. The second-order valence-corrected chi connectivity index (χ2v) is 8.96. The van der Waals surface area contributed by atoms with Crippen LogP contribution in [0.3, 0.4) is 0 Å². The first-order valence-electron chi connectivity index (χ1n) is 10.3. The lowest BCUT2D eigenvalue weighted by atomic mass is 9.66. The fourth-order valence-corrected chi connectivity index (χ4v) is 5.35. The first kappa shape index (κ1) is 21.0. The number of ether oxygens (including phenoxy) is 1. The van der Waals surface area contributed by atoms with E-state index in [2.05, 4.69) is 10.6 Å². The lowest BCUT2D eigenvalue weighted by molar-refractivity contribution is -0.149. The van der Waals surface area contributed by atoms with Crippen molar-refractivity contribution in [2.24, 2.45) is 11.8 Å². The Hall–Kier alpha value is -1.67. The van der Waals surface area contributed by atoms with E-state index in [0.717, 1.165) is 6.42 Å². The number of carbonyl (C=O) groups is 3. The Morgan fingerprint density at radius 3 is 2.54 bits per heavy atom. The fourth-order valence-electron chi connectivity index (χ4n) is 5.35. The maximum Gasteiger partial charge on any atom is 0.246 e. The molecule has 8 heteroatoms. The molecular formula is C20H33N3O5. The molecule has 3 heterocycles. The topological polar surface area (TPSA) is 108 Å². The molecule has 0 aromatic rings. The number of aliphatic hydroxyl groups excluding tert-OH is 1. The Morgan fingerprint density at radius 1 is 1.29 bits per heavy atom. The number of nitrogens with one attached hydrogen (secondary N) is 2. The molecule has 2 bridgehead atoms. The second kappa shape index (κ2) is 7.30. The van der Waals surface area contributed by atoms with Crippen molar-refractivity contribution in [2.75, 3.05) is 13.2 Å². The maximum absolute atomic E-state index is 13.5. The number of hydrogen-bond donors (Lipinski definition) is 3. The largest absolute Gasteiger partial charge is 0.394 e. The number of fused-ring (bicyclic) bond motifs is 1. The number of likely N-dealkylation sites (tertiary alicyclic amines) is 1. The van der Waals surface area contributed by atoms with Crippen LogP contribution in [0, 0.1) is 11.8 Å². The molecular weight excluding hydrogens is 362 g/mol. The van der Waals surface area contributed by atoms with E-state index in [1.54, 1.807) is 6.92 Å². The first-order chi connectivity index (χ1) is 13.1. The molecule has 3 amide bonds. The van der Waals surface area contributed by atoms with Gasteiger partial charge in [-0.1, -0.05) is 6.92 Å². The van der Waals surface area contributed by atoms with Gasteiger partial charge in [0, 0.05) is 12.6 Å². The molecule has 6 atom stereocenters. The van der Waals surface area contributed by atoms with E-state index >= 15 is 0 Å². The molecule has 0 saturated carbocycles. The van der Waals surface area contributed by atoms with Crippen LogP contribution >= 0.6 is 0 Å². The molecule has 3 aliphatic rings. The average molecular weight is 396 g/mol. The van der Waals surface area contributed by atoms with Crippen LogP contribution < -0.4 is 10.6 Å². The first-order valence-corrected chi connectivity index (χ1v) is 10.3. The van der Waals surface area contributed by atoms with Crippen LogP contribution in [-0.4, -0.2) is 70.2 Å². The Bertz CT molecular complexity index is 668. The normalized spacial score (nSPS) is 37.3. The number of hydrogen-bond acceptors (Lipinski definition) is 5. The van der Waals surface area contributed by atoms with Crippen LogP contribution in [0.2, 0.25) is 0 Å². The molecule has 3 saturated heterocycles. The van der Waals surface area contributed by atoms with Crippen molar-refractivity contribution in [3.05, 3.63) is 0 Å². The van der Waals surface area contributed by atoms with Crippen molar-refractivity contribution >= 4 is 17.7 Å². The number of amides is 3. The van der Waals surface area contributed by atoms with E-state index in [1.807, 2.05) is 27.7 Å². The summed E-state index contributed by atoms with van der Waals surface area (Å²) in [7, 11) is 0. The van der Waals surface area contributed by atoms with Crippen LogP contribution in [0.25, 0.3) is 0 Å². The predicted octanol–water partition coefficient (Wildman–Crippen LogP) is 0.183. The van der Waals surface area contributed by atoms with Gasteiger partial charge in [-0.3, -0.25) is 14.4 Å². The summed E-state index contributed by atoms with van der Waals surface area (Å²) in [4.78, 5) is 41.0. The van der Waals surface area contributed by atoms with Gasteiger partial charge >= 0.3 is 0 Å².